The Balaban J connectivity index is 3.29. The lowest BCUT2D eigenvalue weighted by atomic mass is 9.78. The first-order valence-electron chi connectivity index (χ1n) is 13.9. The largest absolute Gasteiger partial charge is 0.514 e. The molecule has 40 heavy (non-hydrogen) atoms. The van der Waals surface area contributed by atoms with Gasteiger partial charge < -0.3 is 34.5 Å². The highest BCUT2D eigenvalue weighted by atomic mass is 16.7. The number of hydrogen-bond acceptors (Lipinski definition) is 10. The van der Waals surface area contributed by atoms with Crippen molar-refractivity contribution < 1.29 is 48.0 Å². The van der Waals surface area contributed by atoms with Crippen molar-refractivity contribution in [3.63, 3.8) is 0 Å². The van der Waals surface area contributed by atoms with Gasteiger partial charge in [0.05, 0.1) is 0 Å². The van der Waals surface area contributed by atoms with Gasteiger partial charge in [-0.3, -0.25) is 9.59 Å². The lowest BCUT2D eigenvalue weighted by molar-refractivity contribution is -0.157. The highest BCUT2D eigenvalue weighted by Crippen LogP contribution is 2.33. The van der Waals surface area contributed by atoms with Gasteiger partial charge in [-0.25, -0.2) is 9.59 Å². The zero-order valence-electron chi connectivity index (χ0n) is 24.7. The van der Waals surface area contributed by atoms with Crippen LogP contribution in [0.15, 0.2) is 18.2 Å². The first kappa shape index (κ1) is 34.7. The van der Waals surface area contributed by atoms with Gasteiger partial charge in [-0.15, -0.1) is 0 Å². The number of carboxylic acids is 1. The van der Waals surface area contributed by atoms with Crippen molar-refractivity contribution in [2.24, 2.45) is 11.7 Å². The number of hydrogen-bond donors (Lipinski definition) is 2. The van der Waals surface area contributed by atoms with Crippen molar-refractivity contribution in [3.05, 3.63) is 23.8 Å². The molecule has 3 N–H and O–H groups in total. The molecular formula is C29H45NO10. The Kier molecular flexibility index (Phi) is 14.5. The van der Waals surface area contributed by atoms with E-state index < -0.39 is 47.9 Å². The van der Waals surface area contributed by atoms with E-state index in [2.05, 4.69) is 0 Å². The molecule has 1 aromatic carbocycles. The molecule has 2 unspecified atom stereocenters. The van der Waals surface area contributed by atoms with Crippen LogP contribution in [0, 0.1) is 5.92 Å². The topological polar surface area (TPSA) is 161 Å². The van der Waals surface area contributed by atoms with E-state index in [0.29, 0.717) is 24.8 Å². The van der Waals surface area contributed by atoms with Crippen LogP contribution in [0.25, 0.3) is 0 Å². The summed E-state index contributed by atoms with van der Waals surface area (Å²) in [6.45, 7) is 12.4. The van der Waals surface area contributed by atoms with Crippen molar-refractivity contribution in [2.45, 2.75) is 117 Å². The second kappa shape index (κ2) is 16.7. The normalized spacial score (nSPS) is 15.5. The van der Waals surface area contributed by atoms with Crippen LogP contribution >= 0.6 is 0 Å². The number of carboxylic acid groups (broad SMARTS) is 1. The summed E-state index contributed by atoms with van der Waals surface area (Å²) < 4.78 is 26.5. The molecule has 0 bridgehead atoms. The molecule has 0 spiro atoms. The molecule has 11 nitrogen and oxygen atoms in total. The number of ether oxygens (including phenoxy) is 5. The molecule has 1 rings (SSSR count). The molecular weight excluding hydrogens is 522 g/mol. The fourth-order valence-corrected chi connectivity index (χ4v) is 4.07. The summed E-state index contributed by atoms with van der Waals surface area (Å²) in [4.78, 5) is 49.1. The minimum absolute atomic E-state index is 0.120. The Morgan fingerprint density at radius 3 is 1.82 bits per heavy atom. The van der Waals surface area contributed by atoms with Gasteiger partial charge in [0.15, 0.2) is 11.5 Å². The zero-order valence-corrected chi connectivity index (χ0v) is 24.7. The highest BCUT2D eigenvalue weighted by Gasteiger charge is 2.44. The Labute approximate surface area is 236 Å². The quantitative estimate of drug-likeness (QED) is 0.141. The van der Waals surface area contributed by atoms with Gasteiger partial charge in [0.25, 0.3) is 0 Å². The third kappa shape index (κ3) is 11.0. The summed E-state index contributed by atoms with van der Waals surface area (Å²) >= 11 is 0. The molecule has 0 heterocycles. The Morgan fingerprint density at radius 2 is 1.35 bits per heavy atom. The van der Waals surface area contributed by atoms with E-state index in [4.69, 9.17) is 29.4 Å². The van der Waals surface area contributed by atoms with Gasteiger partial charge in [-0.1, -0.05) is 46.6 Å². The maximum atomic E-state index is 12.5. The van der Waals surface area contributed by atoms with Crippen LogP contribution in [-0.4, -0.2) is 53.2 Å². The predicted octanol–water partition coefficient (Wildman–Crippen LogP) is 5.79. The predicted molar refractivity (Wildman–Crippen MR) is 147 cm³/mol. The smallest absolute Gasteiger partial charge is 0.480 e. The zero-order chi connectivity index (χ0) is 30.5. The van der Waals surface area contributed by atoms with Crippen LogP contribution in [-0.2, 0) is 30.2 Å². The second-order valence-electron chi connectivity index (χ2n) is 10.2. The fraction of sp³-hybridized carbons (Fsp3) is 0.655. The van der Waals surface area contributed by atoms with Crippen molar-refractivity contribution >= 4 is 24.2 Å². The highest BCUT2D eigenvalue weighted by molar-refractivity contribution is 5.80. The molecule has 0 amide bonds. The maximum absolute atomic E-state index is 12.5. The fourth-order valence-electron chi connectivity index (χ4n) is 4.07. The molecule has 5 atom stereocenters. The van der Waals surface area contributed by atoms with Gasteiger partial charge >= 0.3 is 24.2 Å². The van der Waals surface area contributed by atoms with Crippen LogP contribution in [0.1, 0.15) is 92.6 Å². The van der Waals surface area contributed by atoms with E-state index >= 15 is 0 Å². The average Bonchev–Trinajstić information content (AvgIpc) is 2.85. The molecule has 0 fully saturated rings. The number of nitrogens with two attached hydrogens (primary N) is 1. The summed E-state index contributed by atoms with van der Waals surface area (Å²) in [6, 6.07) is 4.21. The molecule has 226 valence electrons. The van der Waals surface area contributed by atoms with Gasteiger partial charge in [0, 0.05) is 18.8 Å². The van der Waals surface area contributed by atoms with Crippen LogP contribution in [0.5, 0.6) is 11.5 Å². The van der Waals surface area contributed by atoms with E-state index in [1.165, 1.54) is 18.2 Å². The molecule has 0 saturated carbocycles. The minimum atomic E-state index is -1.85. The second-order valence-corrected chi connectivity index (χ2v) is 10.2. The molecule has 0 aromatic heterocycles. The monoisotopic (exact) mass is 567 g/mol. The lowest BCUT2D eigenvalue weighted by Crippen LogP contribution is -2.58. The summed E-state index contributed by atoms with van der Waals surface area (Å²) in [7, 11) is 0. The SMILES string of the molecule is CCCC(=O)O[C@@H](C)[C@@H](C)[C@](N)(Cc1ccc(OC(=O)OC(C)CCC)c(OC(=O)OC(C)CCC)c1)C(=O)O. The number of esters is 1. The number of carbonyl (C=O) groups excluding carboxylic acids is 3. The van der Waals surface area contributed by atoms with Crippen LogP contribution in [0.2, 0.25) is 0 Å². The first-order chi connectivity index (χ1) is 18.8. The van der Waals surface area contributed by atoms with Gasteiger partial charge in [-0.2, -0.15) is 0 Å². The number of aliphatic carboxylic acids is 1. The van der Waals surface area contributed by atoms with Crippen molar-refractivity contribution in [3.8, 4) is 11.5 Å². The van der Waals surface area contributed by atoms with Crippen LogP contribution < -0.4 is 15.2 Å². The molecule has 0 aliphatic heterocycles. The minimum Gasteiger partial charge on any atom is -0.480 e. The van der Waals surface area contributed by atoms with E-state index in [9.17, 15) is 24.3 Å². The first-order valence-corrected chi connectivity index (χ1v) is 13.9. The Hall–Kier alpha value is -3.34. The molecule has 11 heteroatoms. The van der Waals surface area contributed by atoms with Gasteiger partial charge in [0.1, 0.15) is 23.9 Å². The Morgan fingerprint density at radius 1 is 0.825 bits per heavy atom. The van der Waals surface area contributed by atoms with Crippen molar-refractivity contribution in [2.75, 3.05) is 0 Å². The van der Waals surface area contributed by atoms with Gasteiger partial charge in [-0.05, 0) is 57.7 Å². The van der Waals surface area contributed by atoms with E-state index in [1.54, 1.807) is 27.7 Å². The third-order valence-electron chi connectivity index (χ3n) is 6.56. The van der Waals surface area contributed by atoms with Crippen LogP contribution in [0.3, 0.4) is 0 Å². The molecule has 1 aromatic rings. The summed E-state index contributed by atoms with van der Waals surface area (Å²) in [5, 5.41) is 10.1. The number of rotatable bonds is 16. The average molecular weight is 568 g/mol. The number of carbonyl (C=O) groups is 4. The summed E-state index contributed by atoms with van der Waals surface area (Å²) in [5.74, 6) is -2.83. The molecule has 0 aliphatic rings. The lowest BCUT2D eigenvalue weighted by Gasteiger charge is -2.35. The van der Waals surface area contributed by atoms with Crippen molar-refractivity contribution in [1.29, 1.82) is 0 Å². The number of benzene rings is 1. The molecule has 0 radical (unpaired) electrons. The molecule has 0 aliphatic carbocycles. The Bertz CT molecular complexity index is 997. The molecule has 0 saturated heterocycles. The van der Waals surface area contributed by atoms with Crippen molar-refractivity contribution in [1.82, 2.24) is 0 Å². The van der Waals surface area contributed by atoms with Gasteiger partial charge in [0.2, 0.25) is 0 Å². The van der Waals surface area contributed by atoms with E-state index in [1.807, 2.05) is 20.8 Å². The summed E-state index contributed by atoms with van der Waals surface area (Å²) in [5.41, 5.74) is 4.91. The van der Waals surface area contributed by atoms with Crippen LogP contribution in [0.4, 0.5) is 9.59 Å². The third-order valence-corrected chi connectivity index (χ3v) is 6.56. The summed E-state index contributed by atoms with van der Waals surface area (Å²) in [6.07, 6.45) is -0.148. The van der Waals surface area contributed by atoms with E-state index in [-0.39, 0.29) is 30.4 Å². The van der Waals surface area contributed by atoms with E-state index in [0.717, 1.165) is 12.8 Å². The maximum Gasteiger partial charge on any atom is 0.514 e. The standard InChI is InChI=1S/C29H45NO10/c1-8-11-18(4)36-27(34)39-23-15-14-22(16-24(23)40-28(35)37-19(5)12-9-2)17-29(30,26(32)33)20(6)21(7)38-25(31)13-10-3/h14-16,18-21H,8-13,17,30H2,1-7H3,(H,32,33)/t18?,19?,20-,21+,29-/m1/s1.